The van der Waals surface area contributed by atoms with Crippen LogP contribution in [0.15, 0.2) is 34.9 Å². The van der Waals surface area contributed by atoms with Gasteiger partial charge in [0.1, 0.15) is 18.0 Å². The molecule has 10 heteroatoms. The van der Waals surface area contributed by atoms with E-state index in [1.54, 1.807) is 19.9 Å². The van der Waals surface area contributed by atoms with Gasteiger partial charge in [-0.1, -0.05) is 45.4 Å². The number of cyclic esters (lactones) is 2. The molecule has 42 heavy (non-hydrogen) atoms. The van der Waals surface area contributed by atoms with Gasteiger partial charge >= 0.3 is 23.9 Å². The Labute approximate surface area is 245 Å². The number of allylic oxidation sites excluding steroid dienone is 2. The number of carbonyl (C=O) groups is 5. The second kappa shape index (κ2) is 10.2. The maximum Gasteiger partial charge on any atom is 0.333 e. The summed E-state index contributed by atoms with van der Waals surface area (Å²) in [5.74, 6) is -4.26. The van der Waals surface area contributed by atoms with E-state index in [1.165, 1.54) is 13.2 Å². The molecule has 5 aliphatic rings. The van der Waals surface area contributed by atoms with Crippen molar-refractivity contribution >= 4 is 29.7 Å². The molecular weight excluding hydrogens is 544 g/mol. The minimum atomic E-state index is -1.51. The molecule has 0 aromatic carbocycles. The van der Waals surface area contributed by atoms with Crippen molar-refractivity contribution in [1.29, 1.82) is 0 Å². The van der Waals surface area contributed by atoms with E-state index in [2.05, 4.69) is 0 Å². The summed E-state index contributed by atoms with van der Waals surface area (Å²) in [5.41, 5.74) is -0.986. The molecule has 1 unspecified atom stereocenters. The Morgan fingerprint density at radius 3 is 2.38 bits per heavy atom. The Morgan fingerprint density at radius 1 is 1.10 bits per heavy atom. The van der Waals surface area contributed by atoms with Gasteiger partial charge in [-0.2, -0.15) is 0 Å². The number of Topliss-reactive ketones (excluding diaryl/α,β-unsaturated/α-hetero) is 1. The number of aliphatic hydroxyl groups excluding tert-OH is 1. The number of aliphatic hydroxyl groups is 1. The van der Waals surface area contributed by atoms with Crippen molar-refractivity contribution in [3.05, 3.63) is 34.9 Å². The largest absolute Gasteiger partial charge is 0.469 e. The van der Waals surface area contributed by atoms with Crippen LogP contribution in [0.4, 0.5) is 0 Å². The van der Waals surface area contributed by atoms with Crippen molar-refractivity contribution in [1.82, 2.24) is 0 Å². The van der Waals surface area contributed by atoms with Gasteiger partial charge in [-0.05, 0) is 44.4 Å². The lowest BCUT2D eigenvalue weighted by Crippen LogP contribution is -2.67. The Hall–Kier alpha value is -3.27. The van der Waals surface area contributed by atoms with Crippen LogP contribution in [-0.4, -0.2) is 60.4 Å². The van der Waals surface area contributed by atoms with Crippen LogP contribution in [0.2, 0.25) is 0 Å². The molecule has 0 radical (unpaired) electrons. The highest BCUT2D eigenvalue weighted by Gasteiger charge is 2.69. The average molecular weight is 585 g/mol. The molecule has 3 aliphatic carbocycles. The number of fused-ring (bicyclic) bond motifs is 6. The maximum atomic E-state index is 14.4. The molecule has 10 nitrogen and oxygen atoms in total. The maximum absolute atomic E-state index is 14.4. The van der Waals surface area contributed by atoms with Gasteiger partial charge in [0.05, 0.1) is 19.4 Å². The van der Waals surface area contributed by atoms with Gasteiger partial charge in [-0.3, -0.25) is 14.4 Å². The third-order valence-electron chi connectivity index (χ3n) is 11.1. The lowest BCUT2D eigenvalue weighted by molar-refractivity contribution is -0.194. The third-order valence-corrected chi connectivity index (χ3v) is 11.1. The minimum absolute atomic E-state index is 0.0377. The van der Waals surface area contributed by atoms with Crippen molar-refractivity contribution in [2.45, 2.75) is 85.7 Å². The molecule has 5 rings (SSSR count). The molecule has 2 aliphatic heterocycles. The van der Waals surface area contributed by atoms with Crippen LogP contribution >= 0.6 is 0 Å². The zero-order valence-electron chi connectivity index (χ0n) is 25.2. The highest BCUT2D eigenvalue weighted by molar-refractivity contribution is 5.94. The molecule has 228 valence electrons. The van der Waals surface area contributed by atoms with E-state index in [1.807, 2.05) is 33.8 Å². The summed E-state index contributed by atoms with van der Waals surface area (Å²) >= 11 is 0. The van der Waals surface area contributed by atoms with Crippen LogP contribution in [0.25, 0.3) is 0 Å². The molecular formula is C32H40O10. The number of carbonyl (C=O) groups excluding carboxylic acids is 5. The van der Waals surface area contributed by atoms with E-state index in [9.17, 15) is 29.1 Å². The Kier molecular flexibility index (Phi) is 7.32. The fraction of sp³-hybridized carbons (Fsp3) is 0.656. The lowest BCUT2D eigenvalue weighted by atomic mass is 9.40. The SMILES string of the molecule is C/C=C(\C)C(=O)O[C@@H]1[C@@H]2C=C3[C@@H]4CC(=O)O[C@@H](C5=CC(=O)OC5O)[C@]4(C)CC[C@@H]3[C@@](C)(C2=O)[C@@H](CC(=O)OC)C1(C)C. The Bertz CT molecular complexity index is 1340. The van der Waals surface area contributed by atoms with Gasteiger partial charge in [0, 0.05) is 39.9 Å². The molecule has 0 aromatic rings. The van der Waals surface area contributed by atoms with E-state index in [0.717, 1.165) is 5.57 Å². The van der Waals surface area contributed by atoms with E-state index in [-0.39, 0.29) is 36.0 Å². The van der Waals surface area contributed by atoms with E-state index < -0.39 is 70.5 Å². The minimum Gasteiger partial charge on any atom is -0.469 e. The van der Waals surface area contributed by atoms with Gasteiger partial charge in [0.15, 0.2) is 0 Å². The average Bonchev–Trinajstić information content (AvgIpc) is 3.27. The van der Waals surface area contributed by atoms with Crippen LogP contribution in [0.1, 0.15) is 67.2 Å². The number of esters is 4. The number of methoxy groups -OCH3 is 1. The van der Waals surface area contributed by atoms with Gasteiger partial charge in [0.25, 0.3) is 0 Å². The predicted octanol–water partition coefficient (Wildman–Crippen LogP) is 3.36. The molecule has 0 amide bonds. The van der Waals surface area contributed by atoms with Crippen LogP contribution in [-0.2, 0) is 42.9 Å². The quantitative estimate of drug-likeness (QED) is 0.221. The molecule has 1 N–H and O–H groups in total. The molecule has 2 saturated carbocycles. The normalized spacial score (nSPS) is 40.5. The molecule has 0 spiro atoms. The number of hydrogen-bond donors (Lipinski definition) is 1. The highest BCUT2D eigenvalue weighted by Crippen LogP contribution is 2.67. The van der Waals surface area contributed by atoms with E-state index in [4.69, 9.17) is 18.9 Å². The van der Waals surface area contributed by atoms with Crippen molar-refractivity contribution in [3.63, 3.8) is 0 Å². The van der Waals surface area contributed by atoms with Crippen LogP contribution in [0.5, 0.6) is 0 Å². The Morgan fingerprint density at radius 2 is 1.79 bits per heavy atom. The second-order valence-corrected chi connectivity index (χ2v) is 13.4. The van der Waals surface area contributed by atoms with Crippen molar-refractivity contribution in [3.8, 4) is 0 Å². The van der Waals surface area contributed by atoms with Crippen LogP contribution in [0.3, 0.4) is 0 Å². The van der Waals surface area contributed by atoms with Crippen LogP contribution < -0.4 is 0 Å². The van der Waals surface area contributed by atoms with Crippen molar-refractivity contribution in [2.24, 2.45) is 39.9 Å². The summed E-state index contributed by atoms with van der Waals surface area (Å²) in [5, 5.41) is 10.5. The zero-order valence-corrected chi connectivity index (χ0v) is 25.2. The molecule has 3 fully saturated rings. The summed E-state index contributed by atoms with van der Waals surface area (Å²) in [6.45, 7) is 11.1. The molecule has 1 saturated heterocycles. The smallest absolute Gasteiger partial charge is 0.333 e. The summed E-state index contributed by atoms with van der Waals surface area (Å²) in [6.07, 6.45) is 2.56. The summed E-state index contributed by atoms with van der Waals surface area (Å²) < 4.78 is 21.9. The second-order valence-electron chi connectivity index (χ2n) is 13.4. The molecule has 0 aromatic heterocycles. The van der Waals surface area contributed by atoms with E-state index >= 15 is 0 Å². The number of rotatable bonds is 5. The highest BCUT2D eigenvalue weighted by atomic mass is 16.6. The van der Waals surface area contributed by atoms with Gasteiger partial charge in [-0.15, -0.1) is 0 Å². The van der Waals surface area contributed by atoms with Gasteiger partial charge in [-0.25, -0.2) is 9.59 Å². The predicted molar refractivity (Wildman–Crippen MR) is 147 cm³/mol. The summed E-state index contributed by atoms with van der Waals surface area (Å²) in [4.78, 5) is 65.3. The number of hydrogen-bond acceptors (Lipinski definition) is 10. The lowest BCUT2D eigenvalue weighted by Gasteiger charge is -2.64. The molecule has 2 heterocycles. The molecule has 9 atom stereocenters. The van der Waals surface area contributed by atoms with E-state index in [0.29, 0.717) is 18.4 Å². The first-order chi connectivity index (χ1) is 19.6. The first-order valence-electron chi connectivity index (χ1n) is 14.6. The first kappa shape index (κ1) is 30.2. The summed E-state index contributed by atoms with van der Waals surface area (Å²) in [6, 6.07) is 0. The van der Waals surface area contributed by atoms with Crippen molar-refractivity contribution in [2.75, 3.05) is 7.11 Å². The Balaban J connectivity index is 1.66. The fourth-order valence-corrected chi connectivity index (χ4v) is 8.68. The number of ketones is 1. The fourth-order valence-electron chi connectivity index (χ4n) is 8.68. The number of ether oxygens (including phenoxy) is 4. The van der Waals surface area contributed by atoms with Gasteiger partial charge in [0.2, 0.25) is 6.29 Å². The monoisotopic (exact) mass is 584 g/mol. The topological polar surface area (TPSA) is 142 Å². The molecule has 2 bridgehead atoms. The zero-order chi connectivity index (χ0) is 30.9. The van der Waals surface area contributed by atoms with Crippen molar-refractivity contribution < 1.29 is 48.0 Å². The van der Waals surface area contributed by atoms with Crippen LogP contribution in [0, 0.1) is 39.9 Å². The first-order valence-corrected chi connectivity index (χ1v) is 14.6. The van der Waals surface area contributed by atoms with Gasteiger partial charge < -0.3 is 24.1 Å². The standard InChI is InChI=1S/C32H40O10/c1-8-15(2)28(37)42-26-17-11-16-19(32(6,25(17)36)21(30(26,3)4)14-22(33)39-7)9-10-31(5)20(16)13-24(35)40-27(31)18-12-23(34)41-29(18)38/h8,11-12,17,19-21,26-27,29,38H,9-10,13-14H2,1-7H3/b15-8+/t17-,19+,20+,21+,26-,27+,29?,31-,32-/m1/s1. The third kappa shape index (κ3) is 4.28. The summed E-state index contributed by atoms with van der Waals surface area (Å²) in [7, 11) is 1.31.